The van der Waals surface area contributed by atoms with Crippen molar-refractivity contribution >= 4 is 21.7 Å². The van der Waals surface area contributed by atoms with Gasteiger partial charge in [0.05, 0.1) is 23.1 Å². The summed E-state index contributed by atoms with van der Waals surface area (Å²) in [6.07, 6.45) is 2.79. The van der Waals surface area contributed by atoms with Crippen LogP contribution in [-0.4, -0.2) is 43.6 Å². The molecule has 0 saturated carbocycles. The first kappa shape index (κ1) is 20.1. The predicted octanol–water partition coefficient (Wildman–Crippen LogP) is 0.435. The van der Waals surface area contributed by atoms with Crippen LogP contribution in [0.3, 0.4) is 0 Å². The van der Waals surface area contributed by atoms with E-state index in [0.717, 1.165) is 0 Å². The van der Waals surface area contributed by atoms with Crippen LogP contribution < -0.4 is 10.6 Å². The molecule has 27 heavy (non-hydrogen) atoms. The average molecular weight is 386 g/mol. The number of sulfone groups is 1. The maximum absolute atomic E-state index is 12.5. The summed E-state index contributed by atoms with van der Waals surface area (Å²) in [6, 6.07) is 12.0. The van der Waals surface area contributed by atoms with E-state index < -0.39 is 33.4 Å². The number of amides is 2. The Bertz CT molecular complexity index is 925. The number of nitriles is 1. The summed E-state index contributed by atoms with van der Waals surface area (Å²) >= 11 is 0. The van der Waals surface area contributed by atoms with Gasteiger partial charge in [-0.25, -0.2) is 8.42 Å². The van der Waals surface area contributed by atoms with E-state index in [2.05, 4.69) is 15.6 Å². The molecule has 0 radical (unpaired) electrons. The predicted molar refractivity (Wildman–Crippen MR) is 98.0 cm³/mol. The molecule has 0 aliphatic carbocycles. The Morgan fingerprint density at radius 1 is 1.15 bits per heavy atom. The number of benzene rings is 1. The van der Waals surface area contributed by atoms with Crippen LogP contribution in [0.5, 0.6) is 0 Å². The van der Waals surface area contributed by atoms with E-state index in [9.17, 15) is 18.0 Å². The van der Waals surface area contributed by atoms with Crippen LogP contribution in [0.25, 0.3) is 0 Å². The largest absolute Gasteiger partial charge is 0.341 e. The molecule has 0 bridgehead atoms. The highest BCUT2D eigenvalue weighted by molar-refractivity contribution is 7.90. The Labute approximate surface area is 157 Å². The molecule has 1 heterocycles. The van der Waals surface area contributed by atoms with Gasteiger partial charge in [-0.05, 0) is 17.7 Å². The Kier molecular flexibility index (Phi) is 7.02. The third-order valence-corrected chi connectivity index (χ3v) is 5.15. The van der Waals surface area contributed by atoms with E-state index in [4.69, 9.17) is 5.26 Å². The summed E-state index contributed by atoms with van der Waals surface area (Å²) < 4.78 is 25.0. The van der Waals surface area contributed by atoms with Gasteiger partial charge in [0.2, 0.25) is 5.91 Å². The molecular weight excluding hydrogens is 368 g/mol. The second kappa shape index (κ2) is 9.45. The van der Waals surface area contributed by atoms with E-state index >= 15 is 0 Å². The average Bonchev–Trinajstić information content (AvgIpc) is 2.66. The normalized spacial score (nSPS) is 11.8. The summed E-state index contributed by atoms with van der Waals surface area (Å²) in [6.45, 7) is -0.295. The second-order valence-electron chi connectivity index (χ2n) is 5.68. The van der Waals surface area contributed by atoms with Gasteiger partial charge < -0.3 is 10.6 Å². The highest BCUT2D eigenvalue weighted by Crippen LogP contribution is 2.08. The first-order valence-corrected chi connectivity index (χ1v) is 9.83. The molecule has 1 aromatic carbocycles. The smallest absolute Gasteiger partial charge is 0.253 e. The molecule has 2 amide bonds. The second-order valence-corrected chi connectivity index (χ2v) is 7.79. The molecule has 140 valence electrons. The highest BCUT2D eigenvalue weighted by Gasteiger charge is 2.27. The molecule has 2 rings (SSSR count). The number of carbonyl (C=O) groups excluding carboxylic acids is 2. The van der Waals surface area contributed by atoms with Gasteiger partial charge in [0.1, 0.15) is 12.6 Å². The first-order valence-electron chi connectivity index (χ1n) is 8.01. The van der Waals surface area contributed by atoms with E-state index in [1.165, 1.54) is 18.5 Å². The summed E-state index contributed by atoms with van der Waals surface area (Å²) in [5.41, 5.74) is 0.767. The molecular formula is C18H18N4O4S. The SMILES string of the molecule is N#CCNC(=O)[C@H](CS(=O)(=O)Cc1ccccc1)NC(=O)c1cccnc1. The van der Waals surface area contributed by atoms with Gasteiger partial charge in [-0.15, -0.1) is 0 Å². The summed E-state index contributed by atoms with van der Waals surface area (Å²) in [7, 11) is -3.71. The van der Waals surface area contributed by atoms with Gasteiger partial charge in [-0.1, -0.05) is 30.3 Å². The molecule has 0 aliphatic heterocycles. The zero-order valence-electron chi connectivity index (χ0n) is 14.3. The van der Waals surface area contributed by atoms with Crippen molar-refractivity contribution in [2.75, 3.05) is 12.3 Å². The minimum Gasteiger partial charge on any atom is -0.341 e. The first-order chi connectivity index (χ1) is 12.9. The lowest BCUT2D eigenvalue weighted by atomic mass is 10.2. The standard InChI is InChI=1S/C18H18N4O4S/c19-8-10-21-18(24)16(22-17(23)15-7-4-9-20-11-15)13-27(25,26)12-14-5-2-1-3-6-14/h1-7,9,11,16H,10,12-13H2,(H,21,24)(H,22,23)/t16-/m0/s1. The Morgan fingerprint density at radius 3 is 2.52 bits per heavy atom. The van der Waals surface area contributed by atoms with Crippen LogP contribution in [0.2, 0.25) is 0 Å². The maximum atomic E-state index is 12.5. The fraction of sp³-hybridized carbons (Fsp3) is 0.222. The zero-order valence-corrected chi connectivity index (χ0v) is 15.1. The molecule has 9 heteroatoms. The third kappa shape index (κ3) is 6.52. The molecule has 0 unspecified atom stereocenters. The Morgan fingerprint density at radius 2 is 1.89 bits per heavy atom. The topological polar surface area (TPSA) is 129 Å². The number of carbonyl (C=O) groups is 2. The van der Waals surface area contributed by atoms with Gasteiger partial charge in [-0.2, -0.15) is 5.26 Å². The summed E-state index contributed by atoms with van der Waals surface area (Å²) in [4.78, 5) is 28.3. The quantitative estimate of drug-likeness (QED) is 0.633. The van der Waals surface area contributed by atoms with Crippen LogP contribution >= 0.6 is 0 Å². The van der Waals surface area contributed by atoms with E-state index in [1.807, 2.05) is 0 Å². The van der Waals surface area contributed by atoms with Crippen LogP contribution in [0.4, 0.5) is 0 Å². The number of nitrogens with one attached hydrogen (secondary N) is 2. The molecule has 0 spiro atoms. The fourth-order valence-corrected chi connectivity index (χ4v) is 3.87. The van der Waals surface area contributed by atoms with Crippen molar-refractivity contribution in [2.45, 2.75) is 11.8 Å². The van der Waals surface area contributed by atoms with Crippen LogP contribution in [-0.2, 0) is 20.4 Å². The van der Waals surface area contributed by atoms with Gasteiger partial charge in [0, 0.05) is 12.4 Å². The minimum atomic E-state index is -3.71. The van der Waals surface area contributed by atoms with Crippen molar-refractivity contribution in [3.05, 3.63) is 66.0 Å². The Hall–Kier alpha value is -3.25. The third-order valence-electron chi connectivity index (χ3n) is 3.54. The van der Waals surface area contributed by atoms with Gasteiger partial charge in [-0.3, -0.25) is 14.6 Å². The molecule has 1 atom stereocenters. The number of aromatic nitrogens is 1. The van der Waals surface area contributed by atoms with Crippen molar-refractivity contribution in [3.63, 3.8) is 0 Å². The maximum Gasteiger partial charge on any atom is 0.253 e. The summed E-state index contributed by atoms with van der Waals surface area (Å²) in [5, 5.41) is 13.3. The lowest BCUT2D eigenvalue weighted by Gasteiger charge is -2.18. The zero-order chi connectivity index (χ0) is 19.7. The fourth-order valence-electron chi connectivity index (χ4n) is 2.31. The van der Waals surface area contributed by atoms with Crippen LogP contribution in [0.15, 0.2) is 54.9 Å². The minimum absolute atomic E-state index is 0.191. The molecule has 0 saturated heterocycles. The van der Waals surface area contributed by atoms with Crippen molar-refractivity contribution in [3.8, 4) is 6.07 Å². The molecule has 8 nitrogen and oxygen atoms in total. The van der Waals surface area contributed by atoms with E-state index in [-0.39, 0.29) is 17.9 Å². The highest BCUT2D eigenvalue weighted by atomic mass is 32.2. The van der Waals surface area contributed by atoms with E-state index in [1.54, 1.807) is 42.5 Å². The number of hydrogen-bond donors (Lipinski definition) is 2. The Balaban J connectivity index is 2.15. The molecule has 1 aromatic heterocycles. The van der Waals surface area contributed by atoms with Gasteiger partial charge in [0.25, 0.3) is 5.91 Å². The lowest BCUT2D eigenvalue weighted by molar-refractivity contribution is -0.122. The number of pyridine rings is 1. The van der Waals surface area contributed by atoms with Crippen LogP contribution in [0.1, 0.15) is 15.9 Å². The van der Waals surface area contributed by atoms with Crippen molar-refractivity contribution < 1.29 is 18.0 Å². The van der Waals surface area contributed by atoms with Gasteiger partial charge >= 0.3 is 0 Å². The lowest BCUT2D eigenvalue weighted by Crippen LogP contribution is -2.50. The van der Waals surface area contributed by atoms with Crippen molar-refractivity contribution in [2.24, 2.45) is 0 Å². The van der Waals surface area contributed by atoms with Crippen LogP contribution in [0, 0.1) is 11.3 Å². The molecule has 2 N–H and O–H groups in total. The van der Waals surface area contributed by atoms with E-state index in [0.29, 0.717) is 5.56 Å². The number of hydrogen-bond acceptors (Lipinski definition) is 6. The molecule has 0 fully saturated rings. The molecule has 0 aliphatic rings. The number of nitrogens with zero attached hydrogens (tertiary/aromatic N) is 2. The van der Waals surface area contributed by atoms with Crippen molar-refractivity contribution in [1.29, 1.82) is 5.26 Å². The summed E-state index contributed by atoms with van der Waals surface area (Å²) in [5.74, 6) is -2.23. The molecule has 2 aromatic rings. The number of rotatable bonds is 8. The van der Waals surface area contributed by atoms with Gasteiger partial charge in [0.15, 0.2) is 9.84 Å². The van der Waals surface area contributed by atoms with Crippen molar-refractivity contribution in [1.82, 2.24) is 15.6 Å². The monoisotopic (exact) mass is 386 g/mol.